The van der Waals surface area contributed by atoms with E-state index >= 15 is 0 Å². The molecule has 2 aromatic rings. The zero-order valence-corrected chi connectivity index (χ0v) is 14.8. The summed E-state index contributed by atoms with van der Waals surface area (Å²) in [6.45, 7) is 7.13. The van der Waals surface area contributed by atoms with Crippen LogP contribution in [0.4, 0.5) is 0 Å². The molecule has 0 fully saturated rings. The maximum atomic E-state index is 6.32. The number of hydrogen-bond acceptors (Lipinski definition) is 2. The van der Waals surface area contributed by atoms with Crippen LogP contribution < -0.4 is 10.1 Å². The Morgan fingerprint density at radius 3 is 2.24 bits per heavy atom. The lowest BCUT2D eigenvalue weighted by atomic mass is 10.1. The van der Waals surface area contributed by atoms with Crippen LogP contribution in [0.15, 0.2) is 46.9 Å². The molecule has 1 N–H and O–H groups in total. The number of halogens is 2. The summed E-state index contributed by atoms with van der Waals surface area (Å²) >= 11 is 9.72. The van der Waals surface area contributed by atoms with E-state index < -0.39 is 0 Å². The molecule has 2 rings (SSSR count). The second-order valence-corrected chi connectivity index (χ2v) is 7.24. The van der Waals surface area contributed by atoms with Crippen LogP contribution >= 0.6 is 27.5 Å². The van der Waals surface area contributed by atoms with Gasteiger partial charge in [0.15, 0.2) is 0 Å². The van der Waals surface area contributed by atoms with E-state index in [0.29, 0.717) is 5.02 Å². The minimum absolute atomic E-state index is 0.0654. The van der Waals surface area contributed by atoms with E-state index in [-0.39, 0.29) is 5.54 Å². The lowest BCUT2D eigenvalue weighted by molar-refractivity contribution is 0.424. The molecule has 0 unspecified atom stereocenters. The minimum Gasteiger partial charge on any atom is -0.457 e. The summed E-state index contributed by atoms with van der Waals surface area (Å²) in [5, 5.41) is 4.13. The lowest BCUT2D eigenvalue weighted by Crippen LogP contribution is -2.35. The summed E-state index contributed by atoms with van der Waals surface area (Å²) < 4.78 is 6.81. The van der Waals surface area contributed by atoms with Crippen LogP contribution in [0.1, 0.15) is 26.3 Å². The topological polar surface area (TPSA) is 21.3 Å². The first-order valence-corrected chi connectivity index (χ1v) is 7.97. The smallest absolute Gasteiger partial charge is 0.128 e. The van der Waals surface area contributed by atoms with Gasteiger partial charge >= 0.3 is 0 Å². The maximum absolute atomic E-state index is 6.32. The molecule has 112 valence electrons. The van der Waals surface area contributed by atoms with Gasteiger partial charge in [-0.2, -0.15) is 0 Å². The van der Waals surface area contributed by atoms with E-state index in [4.69, 9.17) is 16.3 Å². The zero-order valence-electron chi connectivity index (χ0n) is 12.4. The molecule has 0 aliphatic heterocycles. The number of rotatable bonds is 4. The van der Waals surface area contributed by atoms with Crippen molar-refractivity contribution in [3.05, 3.63) is 57.5 Å². The molecule has 0 aromatic heterocycles. The maximum Gasteiger partial charge on any atom is 0.128 e. The number of benzene rings is 2. The second kappa shape index (κ2) is 6.82. The number of ether oxygens (including phenoxy) is 1. The van der Waals surface area contributed by atoms with Crippen LogP contribution in [0.2, 0.25) is 5.02 Å². The third kappa shape index (κ3) is 5.34. The molecule has 0 spiro atoms. The number of nitrogens with one attached hydrogen (secondary N) is 1. The van der Waals surface area contributed by atoms with E-state index in [0.717, 1.165) is 28.1 Å². The van der Waals surface area contributed by atoms with E-state index in [9.17, 15) is 0 Å². The van der Waals surface area contributed by atoms with Gasteiger partial charge in [0.05, 0.1) is 0 Å². The highest BCUT2D eigenvalue weighted by molar-refractivity contribution is 9.10. The van der Waals surface area contributed by atoms with E-state index in [2.05, 4.69) is 42.0 Å². The van der Waals surface area contributed by atoms with Crippen molar-refractivity contribution >= 4 is 27.5 Å². The van der Waals surface area contributed by atoms with Gasteiger partial charge in [-0.15, -0.1) is 0 Å². The molecule has 0 heterocycles. The molecule has 0 bridgehead atoms. The monoisotopic (exact) mass is 367 g/mol. The van der Waals surface area contributed by atoms with Crippen LogP contribution in [-0.4, -0.2) is 5.54 Å². The lowest BCUT2D eigenvalue weighted by Gasteiger charge is -2.21. The van der Waals surface area contributed by atoms with Gasteiger partial charge < -0.3 is 10.1 Å². The summed E-state index contributed by atoms with van der Waals surface area (Å²) in [7, 11) is 0. The fourth-order valence-electron chi connectivity index (χ4n) is 1.73. The fourth-order valence-corrected chi connectivity index (χ4v) is 2.24. The Kier molecular flexibility index (Phi) is 5.31. The zero-order chi connectivity index (χ0) is 15.5. The predicted molar refractivity (Wildman–Crippen MR) is 92.3 cm³/mol. The van der Waals surface area contributed by atoms with Crippen molar-refractivity contribution in [2.45, 2.75) is 32.9 Å². The third-order valence-electron chi connectivity index (χ3n) is 2.88. The summed E-state index contributed by atoms with van der Waals surface area (Å²) in [4.78, 5) is 0. The van der Waals surface area contributed by atoms with Gasteiger partial charge in [-0.3, -0.25) is 0 Å². The first-order valence-electron chi connectivity index (χ1n) is 6.80. The molecule has 4 heteroatoms. The molecular weight excluding hydrogens is 350 g/mol. The minimum atomic E-state index is 0.0654. The first-order chi connectivity index (χ1) is 9.83. The highest BCUT2D eigenvalue weighted by Gasteiger charge is 2.10. The normalized spacial score (nSPS) is 11.5. The van der Waals surface area contributed by atoms with Crippen molar-refractivity contribution in [2.24, 2.45) is 0 Å². The van der Waals surface area contributed by atoms with E-state index in [1.165, 1.54) is 0 Å². The second-order valence-electron chi connectivity index (χ2n) is 5.91. The summed E-state index contributed by atoms with van der Waals surface area (Å²) in [5.41, 5.74) is 1.13. The quantitative estimate of drug-likeness (QED) is 0.738. The van der Waals surface area contributed by atoms with Crippen LogP contribution in [0.25, 0.3) is 0 Å². The Balaban J connectivity index is 2.06. The molecule has 0 amide bonds. The van der Waals surface area contributed by atoms with Crippen LogP contribution in [-0.2, 0) is 6.54 Å². The average molecular weight is 369 g/mol. The van der Waals surface area contributed by atoms with Gasteiger partial charge in [-0.25, -0.2) is 0 Å². The van der Waals surface area contributed by atoms with E-state index in [1.54, 1.807) is 0 Å². The van der Waals surface area contributed by atoms with Crippen molar-refractivity contribution in [1.29, 1.82) is 0 Å². The highest BCUT2D eigenvalue weighted by Crippen LogP contribution is 2.27. The highest BCUT2D eigenvalue weighted by atomic mass is 79.9. The van der Waals surface area contributed by atoms with Crippen molar-refractivity contribution in [1.82, 2.24) is 5.32 Å². The van der Waals surface area contributed by atoms with Crippen molar-refractivity contribution in [3.63, 3.8) is 0 Å². The molecule has 21 heavy (non-hydrogen) atoms. The molecule has 2 nitrogen and oxygen atoms in total. The van der Waals surface area contributed by atoms with Crippen molar-refractivity contribution in [2.75, 3.05) is 0 Å². The van der Waals surface area contributed by atoms with Crippen LogP contribution in [0.3, 0.4) is 0 Å². The van der Waals surface area contributed by atoms with Gasteiger partial charge in [-0.1, -0.05) is 33.6 Å². The van der Waals surface area contributed by atoms with E-state index in [1.807, 2.05) is 42.5 Å². The predicted octanol–water partition coefficient (Wildman–Crippen LogP) is 5.78. The van der Waals surface area contributed by atoms with Gasteiger partial charge in [0.25, 0.3) is 0 Å². The Morgan fingerprint density at radius 1 is 1.05 bits per heavy atom. The summed E-state index contributed by atoms with van der Waals surface area (Å²) in [6.07, 6.45) is 0. The standard InChI is InChI=1S/C17H19BrClNO/c1-17(2,3)20-11-12-4-7-15(10-16(12)19)21-14-8-5-13(18)6-9-14/h4-10,20H,11H2,1-3H3. The van der Waals surface area contributed by atoms with Gasteiger partial charge in [0, 0.05) is 21.6 Å². The summed E-state index contributed by atoms with van der Waals surface area (Å²) in [5.74, 6) is 1.52. The molecule has 0 aliphatic carbocycles. The summed E-state index contributed by atoms with van der Waals surface area (Å²) in [6, 6.07) is 13.5. The Bertz CT molecular complexity index is 605. The van der Waals surface area contributed by atoms with Gasteiger partial charge in [0.2, 0.25) is 0 Å². The van der Waals surface area contributed by atoms with Gasteiger partial charge in [-0.05, 0) is 62.7 Å². The van der Waals surface area contributed by atoms with Crippen LogP contribution in [0.5, 0.6) is 11.5 Å². The number of hydrogen-bond donors (Lipinski definition) is 1. The third-order valence-corrected chi connectivity index (χ3v) is 3.76. The largest absolute Gasteiger partial charge is 0.457 e. The van der Waals surface area contributed by atoms with Crippen LogP contribution in [0, 0.1) is 0 Å². The molecule has 0 radical (unpaired) electrons. The Labute approximate surface area is 139 Å². The molecule has 2 aromatic carbocycles. The molecular formula is C17H19BrClNO. The molecule has 0 saturated carbocycles. The average Bonchev–Trinajstić information content (AvgIpc) is 2.39. The van der Waals surface area contributed by atoms with Crippen molar-refractivity contribution < 1.29 is 4.74 Å². The fraction of sp³-hybridized carbons (Fsp3) is 0.294. The van der Waals surface area contributed by atoms with Crippen molar-refractivity contribution in [3.8, 4) is 11.5 Å². The van der Waals surface area contributed by atoms with Gasteiger partial charge in [0.1, 0.15) is 11.5 Å². The molecule has 0 atom stereocenters. The SMILES string of the molecule is CC(C)(C)NCc1ccc(Oc2ccc(Br)cc2)cc1Cl. The molecule has 0 aliphatic rings. The molecule has 0 saturated heterocycles. The Morgan fingerprint density at radius 2 is 1.67 bits per heavy atom. The Hall–Kier alpha value is -1.03. The first kappa shape index (κ1) is 16.3.